The quantitative estimate of drug-likeness (QED) is 0.644. The van der Waals surface area contributed by atoms with E-state index < -0.39 is 10.0 Å². The first kappa shape index (κ1) is 22.3. The van der Waals surface area contributed by atoms with Crippen LogP contribution in [0.4, 0.5) is 5.69 Å². The number of likely N-dealkylation sites (N-methyl/N-ethyl adjacent to an activating group) is 1. The second-order valence-corrected chi connectivity index (χ2v) is 11.0. The minimum atomic E-state index is -3.50. The predicted octanol–water partition coefficient (Wildman–Crippen LogP) is 3.23. The zero-order valence-corrected chi connectivity index (χ0v) is 19.5. The lowest BCUT2D eigenvalue weighted by molar-refractivity contribution is -0.113. The number of carbonyl (C=O) groups is 1. The molecule has 1 fully saturated rings. The van der Waals surface area contributed by atoms with Gasteiger partial charge in [0, 0.05) is 36.8 Å². The van der Waals surface area contributed by atoms with E-state index in [4.69, 9.17) is 0 Å². The van der Waals surface area contributed by atoms with E-state index in [2.05, 4.69) is 35.3 Å². The third-order valence-corrected chi connectivity index (χ3v) is 8.90. The molecular weight excluding hydrogens is 430 g/mol. The molecular formula is C23H29N3O3S2. The highest BCUT2D eigenvalue weighted by atomic mass is 32.2. The van der Waals surface area contributed by atoms with E-state index >= 15 is 0 Å². The van der Waals surface area contributed by atoms with Gasteiger partial charge in [-0.1, -0.05) is 13.0 Å². The van der Waals surface area contributed by atoms with Crippen LogP contribution in [0.15, 0.2) is 52.3 Å². The van der Waals surface area contributed by atoms with Gasteiger partial charge >= 0.3 is 0 Å². The number of rotatable bonds is 7. The van der Waals surface area contributed by atoms with Crippen LogP contribution in [-0.4, -0.2) is 62.0 Å². The fraction of sp³-hybridized carbons (Fsp3) is 0.435. The average molecular weight is 460 g/mol. The summed E-state index contributed by atoms with van der Waals surface area (Å²) in [6, 6.07) is 12.9. The molecule has 2 aliphatic rings. The number of amides is 1. The van der Waals surface area contributed by atoms with Crippen molar-refractivity contribution in [2.24, 2.45) is 0 Å². The maximum atomic E-state index is 12.9. The number of fused-ring (bicyclic) bond motifs is 1. The molecule has 31 heavy (non-hydrogen) atoms. The van der Waals surface area contributed by atoms with Gasteiger partial charge in [0.15, 0.2) is 0 Å². The Morgan fingerprint density at radius 3 is 2.42 bits per heavy atom. The summed E-state index contributed by atoms with van der Waals surface area (Å²) >= 11 is 1.52. The molecule has 8 heteroatoms. The summed E-state index contributed by atoms with van der Waals surface area (Å²) in [4.78, 5) is 16.0. The zero-order chi connectivity index (χ0) is 21.8. The molecule has 0 atom stereocenters. The van der Waals surface area contributed by atoms with Gasteiger partial charge < -0.3 is 10.2 Å². The molecule has 0 aromatic heterocycles. The van der Waals surface area contributed by atoms with Crippen LogP contribution in [0.3, 0.4) is 0 Å². The predicted molar refractivity (Wildman–Crippen MR) is 125 cm³/mol. The average Bonchev–Trinajstić information content (AvgIpc) is 3.26. The topological polar surface area (TPSA) is 69.7 Å². The number of nitrogens with one attached hydrogen (secondary N) is 1. The van der Waals surface area contributed by atoms with Gasteiger partial charge in [0.1, 0.15) is 0 Å². The van der Waals surface area contributed by atoms with E-state index in [0.717, 1.165) is 37.4 Å². The Kier molecular flexibility index (Phi) is 7.01. The number of benzene rings is 2. The largest absolute Gasteiger partial charge is 0.325 e. The van der Waals surface area contributed by atoms with Crippen molar-refractivity contribution >= 4 is 33.4 Å². The molecule has 4 rings (SSSR count). The summed E-state index contributed by atoms with van der Waals surface area (Å²) in [7, 11) is -3.50. The summed E-state index contributed by atoms with van der Waals surface area (Å²) in [5.41, 5.74) is 3.43. The highest BCUT2D eigenvalue weighted by Gasteiger charge is 2.27. The van der Waals surface area contributed by atoms with E-state index in [1.165, 1.54) is 29.3 Å². The van der Waals surface area contributed by atoms with E-state index in [9.17, 15) is 13.2 Å². The molecule has 1 amide bonds. The summed E-state index contributed by atoms with van der Waals surface area (Å²) in [5.74, 6) is 0.220. The first-order chi connectivity index (χ1) is 15.0. The van der Waals surface area contributed by atoms with Gasteiger partial charge in [0.25, 0.3) is 0 Å². The number of piperazine rings is 1. The first-order valence-electron chi connectivity index (χ1n) is 10.8. The van der Waals surface area contributed by atoms with Gasteiger partial charge in [0.2, 0.25) is 15.9 Å². The van der Waals surface area contributed by atoms with E-state index in [0.29, 0.717) is 24.5 Å². The van der Waals surface area contributed by atoms with Crippen molar-refractivity contribution in [3.63, 3.8) is 0 Å². The maximum absolute atomic E-state index is 12.9. The molecule has 2 aromatic rings. The molecule has 6 nitrogen and oxygen atoms in total. The Morgan fingerprint density at radius 2 is 1.71 bits per heavy atom. The van der Waals surface area contributed by atoms with Crippen molar-refractivity contribution in [1.82, 2.24) is 9.21 Å². The lowest BCUT2D eigenvalue weighted by Crippen LogP contribution is -2.48. The van der Waals surface area contributed by atoms with Gasteiger partial charge in [-0.3, -0.25) is 4.79 Å². The van der Waals surface area contributed by atoms with E-state index in [1.54, 1.807) is 28.6 Å². The number of hydrogen-bond donors (Lipinski definition) is 1. The molecule has 1 saturated heterocycles. The van der Waals surface area contributed by atoms with Crippen molar-refractivity contribution in [1.29, 1.82) is 0 Å². The van der Waals surface area contributed by atoms with E-state index in [-0.39, 0.29) is 10.8 Å². The summed E-state index contributed by atoms with van der Waals surface area (Å²) < 4.78 is 27.3. The minimum Gasteiger partial charge on any atom is -0.325 e. The molecule has 1 heterocycles. The van der Waals surface area contributed by atoms with Crippen LogP contribution in [0.2, 0.25) is 0 Å². The zero-order valence-electron chi connectivity index (χ0n) is 17.8. The molecule has 1 aliphatic heterocycles. The van der Waals surface area contributed by atoms with Crippen molar-refractivity contribution in [2.75, 3.05) is 43.8 Å². The first-order valence-corrected chi connectivity index (χ1v) is 13.3. The summed E-state index contributed by atoms with van der Waals surface area (Å²) in [5, 5.41) is 2.86. The lowest BCUT2D eigenvalue weighted by Gasteiger charge is -2.33. The normalized spacial score (nSPS) is 17.5. The molecule has 2 aromatic carbocycles. The van der Waals surface area contributed by atoms with Crippen LogP contribution in [0.25, 0.3) is 0 Å². The number of thioether (sulfide) groups is 1. The highest BCUT2D eigenvalue weighted by molar-refractivity contribution is 8.00. The Balaban J connectivity index is 1.31. The number of sulfonamides is 1. The van der Waals surface area contributed by atoms with Gasteiger partial charge in [-0.25, -0.2) is 8.42 Å². The van der Waals surface area contributed by atoms with Crippen molar-refractivity contribution < 1.29 is 13.2 Å². The van der Waals surface area contributed by atoms with Crippen molar-refractivity contribution in [2.45, 2.75) is 36.0 Å². The summed E-state index contributed by atoms with van der Waals surface area (Å²) in [6.45, 7) is 5.55. The van der Waals surface area contributed by atoms with Gasteiger partial charge in [-0.2, -0.15) is 4.31 Å². The molecule has 1 N–H and O–H groups in total. The second kappa shape index (κ2) is 9.73. The number of anilines is 1. The minimum absolute atomic E-state index is 0.100. The molecule has 0 bridgehead atoms. The van der Waals surface area contributed by atoms with Crippen LogP contribution < -0.4 is 5.32 Å². The number of hydrogen-bond acceptors (Lipinski definition) is 5. The van der Waals surface area contributed by atoms with Crippen molar-refractivity contribution in [3.8, 4) is 0 Å². The number of nitrogens with zero attached hydrogens (tertiary/aromatic N) is 2. The SMILES string of the molecule is CCN1CCN(S(=O)(=O)c2ccc(NC(=O)CSc3ccc4c(c3)CCC4)cc2)CC1. The molecule has 0 unspecified atom stereocenters. The third-order valence-electron chi connectivity index (χ3n) is 5.99. The Labute approximate surface area is 189 Å². The third kappa shape index (κ3) is 5.31. The van der Waals surface area contributed by atoms with Crippen LogP contribution in [0.5, 0.6) is 0 Å². The maximum Gasteiger partial charge on any atom is 0.243 e. The second-order valence-electron chi connectivity index (χ2n) is 7.98. The van der Waals surface area contributed by atoms with Crippen LogP contribution >= 0.6 is 11.8 Å². The van der Waals surface area contributed by atoms with Crippen LogP contribution in [-0.2, 0) is 27.7 Å². The van der Waals surface area contributed by atoms with Crippen LogP contribution in [0, 0.1) is 0 Å². The molecule has 0 saturated carbocycles. The Bertz CT molecular complexity index is 1030. The molecule has 0 spiro atoms. The van der Waals surface area contributed by atoms with E-state index in [1.807, 2.05) is 0 Å². The monoisotopic (exact) mass is 459 g/mol. The number of aryl methyl sites for hydroxylation is 2. The smallest absolute Gasteiger partial charge is 0.243 e. The molecule has 166 valence electrons. The lowest BCUT2D eigenvalue weighted by atomic mass is 10.1. The fourth-order valence-corrected chi connectivity index (χ4v) is 6.31. The van der Waals surface area contributed by atoms with Gasteiger partial charge in [-0.05, 0) is 73.3 Å². The van der Waals surface area contributed by atoms with Gasteiger partial charge in [0.05, 0.1) is 10.6 Å². The van der Waals surface area contributed by atoms with Gasteiger partial charge in [-0.15, -0.1) is 11.8 Å². The molecule has 1 aliphatic carbocycles. The number of carbonyl (C=O) groups excluding carboxylic acids is 1. The highest BCUT2D eigenvalue weighted by Crippen LogP contribution is 2.27. The Hall–Kier alpha value is -1.87. The van der Waals surface area contributed by atoms with Crippen LogP contribution in [0.1, 0.15) is 24.5 Å². The Morgan fingerprint density at radius 1 is 1.00 bits per heavy atom. The fourth-order valence-electron chi connectivity index (χ4n) is 4.13. The standard InChI is InChI=1S/C23H29N3O3S2/c1-2-25-12-14-26(15-13-25)31(28,29)22-10-7-20(8-11-22)24-23(27)17-30-21-9-6-18-4-3-5-19(18)16-21/h6-11,16H,2-5,12-15,17H2,1H3,(H,24,27). The molecule has 0 radical (unpaired) electrons. The summed E-state index contributed by atoms with van der Waals surface area (Å²) in [6.07, 6.45) is 3.49. The van der Waals surface area contributed by atoms with Crippen molar-refractivity contribution in [3.05, 3.63) is 53.6 Å².